The Morgan fingerprint density at radius 2 is 2.11 bits per heavy atom. The Morgan fingerprint density at radius 1 is 1.37 bits per heavy atom. The molecule has 1 aromatic carbocycles. The predicted molar refractivity (Wildman–Crippen MR) is 73.4 cm³/mol. The van der Waals surface area contributed by atoms with Crippen molar-refractivity contribution in [2.45, 2.75) is 38.3 Å². The van der Waals surface area contributed by atoms with E-state index in [1.54, 1.807) is 0 Å². The van der Waals surface area contributed by atoms with Crippen LogP contribution < -0.4 is 10.1 Å². The molecule has 1 aliphatic heterocycles. The van der Waals surface area contributed by atoms with Crippen molar-refractivity contribution >= 4 is 5.97 Å². The maximum atomic E-state index is 11.4. The SMILES string of the molecule is COC(=O)[C@@H]1C[C@@H](Oc2ccccc2C(C)C)CN1. The molecule has 4 heteroatoms. The summed E-state index contributed by atoms with van der Waals surface area (Å²) in [5.41, 5.74) is 1.20. The summed E-state index contributed by atoms with van der Waals surface area (Å²) < 4.78 is 10.8. The number of esters is 1. The Kier molecular flexibility index (Phi) is 4.43. The predicted octanol–water partition coefficient (Wildman–Crippen LogP) is 2.09. The normalized spacial score (nSPS) is 22.5. The van der Waals surface area contributed by atoms with E-state index in [-0.39, 0.29) is 18.1 Å². The number of ether oxygens (including phenoxy) is 2. The minimum absolute atomic E-state index is 0.0176. The maximum absolute atomic E-state index is 11.4. The molecule has 0 unspecified atom stereocenters. The van der Waals surface area contributed by atoms with Crippen LogP contribution in [0.1, 0.15) is 31.7 Å². The van der Waals surface area contributed by atoms with Crippen molar-refractivity contribution < 1.29 is 14.3 Å². The van der Waals surface area contributed by atoms with Crippen LogP contribution in [-0.2, 0) is 9.53 Å². The first-order valence-electron chi connectivity index (χ1n) is 6.68. The molecule has 1 heterocycles. The second kappa shape index (κ2) is 6.06. The zero-order valence-electron chi connectivity index (χ0n) is 11.7. The van der Waals surface area contributed by atoms with E-state index in [4.69, 9.17) is 9.47 Å². The van der Waals surface area contributed by atoms with Crippen molar-refractivity contribution in [1.29, 1.82) is 0 Å². The molecule has 1 N–H and O–H groups in total. The fourth-order valence-electron chi connectivity index (χ4n) is 2.36. The molecule has 1 aromatic rings. The number of hydrogen-bond acceptors (Lipinski definition) is 4. The summed E-state index contributed by atoms with van der Waals surface area (Å²) in [6, 6.07) is 7.82. The lowest BCUT2D eigenvalue weighted by atomic mass is 10.0. The van der Waals surface area contributed by atoms with Crippen LogP contribution in [0.15, 0.2) is 24.3 Å². The van der Waals surface area contributed by atoms with Gasteiger partial charge in [0.15, 0.2) is 0 Å². The molecule has 19 heavy (non-hydrogen) atoms. The number of benzene rings is 1. The molecule has 0 aromatic heterocycles. The van der Waals surface area contributed by atoms with Gasteiger partial charge in [0.25, 0.3) is 0 Å². The van der Waals surface area contributed by atoms with Crippen molar-refractivity contribution in [2.75, 3.05) is 13.7 Å². The van der Waals surface area contributed by atoms with Gasteiger partial charge in [-0.3, -0.25) is 4.79 Å². The van der Waals surface area contributed by atoms with Crippen LogP contribution in [0.5, 0.6) is 5.75 Å². The average molecular weight is 263 g/mol. The molecule has 104 valence electrons. The van der Waals surface area contributed by atoms with E-state index in [2.05, 4.69) is 25.2 Å². The van der Waals surface area contributed by atoms with Crippen LogP contribution in [0.3, 0.4) is 0 Å². The van der Waals surface area contributed by atoms with E-state index < -0.39 is 0 Å². The van der Waals surface area contributed by atoms with Gasteiger partial charge < -0.3 is 14.8 Å². The summed E-state index contributed by atoms with van der Waals surface area (Å²) in [6.45, 7) is 4.96. The van der Waals surface area contributed by atoms with Gasteiger partial charge in [0.05, 0.1) is 7.11 Å². The molecule has 1 fully saturated rings. The fraction of sp³-hybridized carbons (Fsp3) is 0.533. The highest BCUT2D eigenvalue weighted by molar-refractivity contribution is 5.76. The first kappa shape index (κ1) is 13.9. The number of nitrogens with one attached hydrogen (secondary N) is 1. The molecule has 2 rings (SSSR count). The lowest BCUT2D eigenvalue weighted by molar-refractivity contribution is -0.142. The summed E-state index contributed by atoms with van der Waals surface area (Å²) in [4.78, 5) is 11.4. The second-order valence-electron chi connectivity index (χ2n) is 5.15. The first-order chi connectivity index (χ1) is 9.11. The van der Waals surface area contributed by atoms with Crippen molar-refractivity contribution in [3.05, 3.63) is 29.8 Å². The summed E-state index contributed by atoms with van der Waals surface area (Å²) in [5.74, 6) is 1.11. The van der Waals surface area contributed by atoms with Gasteiger partial charge in [-0.2, -0.15) is 0 Å². The smallest absolute Gasteiger partial charge is 0.323 e. The average Bonchev–Trinajstić information content (AvgIpc) is 2.86. The molecule has 4 nitrogen and oxygen atoms in total. The topological polar surface area (TPSA) is 47.6 Å². The van der Waals surface area contributed by atoms with Crippen LogP contribution in [0.2, 0.25) is 0 Å². The van der Waals surface area contributed by atoms with Crippen LogP contribution in [0.4, 0.5) is 0 Å². The molecule has 1 aliphatic rings. The van der Waals surface area contributed by atoms with Gasteiger partial charge >= 0.3 is 5.97 Å². The van der Waals surface area contributed by atoms with Gasteiger partial charge in [0, 0.05) is 13.0 Å². The molecule has 0 radical (unpaired) electrons. The molecule has 0 aliphatic carbocycles. The van der Waals surface area contributed by atoms with E-state index in [9.17, 15) is 4.79 Å². The standard InChI is InChI=1S/C15H21NO3/c1-10(2)12-6-4-5-7-14(12)19-11-8-13(16-9-11)15(17)18-3/h4-7,10-11,13,16H,8-9H2,1-3H3/t11-,13+/m1/s1. The number of carbonyl (C=O) groups is 1. The zero-order valence-corrected chi connectivity index (χ0v) is 11.7. The third-order valence-corrected chi connectivity index (χ3v) is 3.41. The van der Waals surface area contributed by atoms with Crippen LogP contribution in [0.25, 0.3) is 0 Å². The minimum Gasteiger partial charge on any atom is -0.489 e. The summed E-state index contributed by atoms with van der Waals surface area (Å²) in [5, 5.41) is 3.13. The quantitative estimate of drug-likeness (QED) is 0.845. The van der Waals surface area contributed by atoms with Crippen LogP contribution >= 0.6 is 0 Å². The van der Waals surface area contributed by atoms with Gasteiger partial charge in [-0.05, 0) is 17.5 Å². The van der Waals surface area contributed by atoms with Crippen molar-refractivity contribution in [3.8, 4) is 5.75 Å². The number of methoxy groups -OCH3 is 1. The Hall–Kier alpha value is -1.55. The van der Waals surface area contributed by atoms with Crippen molar-refractivity contribution in [2.24, 2.45) is 0 Å². The van der Waals surface area contributed by atoms with Crippen LogP contribution in [-0.4, -0.2) is 31.8 Å². The number of para-hydroxylation sites is 1. The van der Waals surface area contributed by atoms with Crippen LogP contribution in [0, 0.1) is 0 Å². The highest BCUT2D eigenvalue weighted by Gasteiger charge is 2.31. The van der Waals surface area contributed by atoms with Gasteiger partial charge in [-0.1, -0.05) is 32.0 Å². The van der Waals surface area contributed by atoms with Gasteiger partial charge in [-0.15, -0.1) is 0 Å². The van der Waals surface area contributed by atoms with Crippen molar-refractivity contribution in [3.63, 3.8) is 0 Å². The third-order valence-electron chi connectivity index (χ3n) is 3.41. The van der Waals surface area contributed by atoms with Crippen molar-refractivity contribution in [1.82, 2.24) is 5.32 Å². The zero-order chi connectivity index (χ0) is 13.8. The molecule has 0 saturated carbocycles. The van der Waals surface area contributed by atoms with E-state index >= 15 is 0 Å². The third kappa shape index (κ3) is 3.26. The Morgan fingerprint density at radius 3 is 2.79 bits per heavy atom. The maximum Gasteiger partial charge on any atom is 0.323 e. The summed E-state index contributed by atoms with van der Waals surface area (Å²) >= 11 is 0. The molecule has 2 atom stereocenters. The van der Waals surface area contributed by atoms with E-state index in [1.165, 1.54) is 12.7 Å². The van der Waals surface area contributed by atoms with Gasteiger partial charge in [-0.25, -0.2) is 0 Å². The lowest BCUT2D eigenvalue weighted by Gasteiger charge is -2.17. The van der Waals surface area contributed by atoms with Gasteiger partial charge in [0.2, 0.25) is 0 Å². The lowest BCUT2D eigenvalue weighted by Crippen LogP contribution is -2.31. The van der Waals surface area contributed by atoms with E-state index in [0.717, 1.165) is 5.75 Å². The Bertz CT molecular complexity index is 445. The minimum atomic E-state index is -0.249. The monoisotopic (exact) mass is 263 g/mol. The van der Waals surface area contributed by atoms with E-state index in [1.807, 2.05) is 18.2 Å². The highest BCUT2D eigenvalue weighted by Crippen LogP contribution is 2.28. The largest absolute Gasteiger partial charge is 0.489 e. The first-order valence-corrected chi connectivity index (χ1v) is 6.68. The van der Waals surface area contributed by atoms with E-state index in [0.29, 0.717) is 18.9 Å². The fourth-order valence-corrected chi connectivity index (χ4v) is 2.36. The summed E-state index contributed by atoms with van der Waals surface area (Å²) in [7, 11) is 1.41. The molecule has 1 saturated heterocycles. The molecular formula is C15H21NO3. The molecule has 0 bridgehead atoms. The number of hydrogen-bond donors (Lipinski definition) is 1. The molecular weight excluding hydrogens is 242 g/mol. The molecule has 0 amide bonds. The Balaban J connectivity index is 2.01. The second-order valence-corrected chi connectivity index (χ2v) is 5.15. The molecule has 0 spiro atoms. The highest BCUT2D eigenvalue weighted by atomic mass is 16.5. The number of carbonyl (C=O) groups excluding carboxylic acids is 1. The summed E-state index contributed by atoms with van der Waals surface area (Å²) in [6.07, 6.45) is 0.669. The number of rotatable bonds is 4. The Labute approximate surface area is 114 Å². The van der Waals surface area contributed by atoms with Gasteiger partial charge in [0.1, 0.15) is 17.9 Å².